The van der Waals surface area contributed by atoms with Gasteiger partial charge in [0, 0.05) is 0 Å². The molecule has 3 rings (SSSR count). The molecule has 109 valence electrons. The summed E-state index contributed by atoms with van der Waals surface area (Å²) in [4.78, 5) is 0. The fourth-order valence-corrected chi connectivity index (χ4v) is 5.60. The molecule has 0 N–H and O–H groups in total. The third kappa shape index (κ3) is 2.28. The van der Waals surface area contributed by atoms with Crippen LogP contribution in [0.15, 0.2) is 0 Å². The van der Waals surface area contributed by atoms with E-state index in [0.717, 1.165) is 29.6 Å². The van der Waals surface area contributed by atoms with Gasteiger partial charge in [-0.2, -0.15) is 0 Å². The Morgan fingerprint density at radius 2 is 1.68 bits per heavy atom. The molecule has 0 bridgehead atoms. The third-order valence-electron chi connectivity index (χ3n) is 6.44. The van der Waals surface area contributed by atoms with E-state index >= 15 is 0 Å². The van der Waals surface area contributed by atoms with Gasteiger partial charge in [0.1, 0.15) is 0 Å². The molecule has 3 fully saturated rings. The molecule has 1 radical (unpaired) electrons. The van der Waals surface area contributed by atoms with E-state index in [1.54, 1.807) is 0 Å². The monoisotopic (exact) mass is 261 g/mol. The molecule has 0 aromatic rings. The van der Waals surface area contributed by atoms with Gasteiger partial charge < -0.3 is 0 Å². The first-order chi connectivity index (χ1) is 9.05. The van der Waals surface area contributed by atoms with E-state index < -0.39 is 0 Å². The van der Waals surface area contributed by atoms with Crippen molar-refractivity contribution in [2.75, 3.05) is 0 Å². The second-order valence-corrected chi connectivity index (χ2v) is 8.45. The lowest BCUT2D eigenvalue weighted by Gasteiger charge is -2.49. The van der Waals surface area contributed by atoms with Crippen molar-refractivity contribution in [2.24, 2.45) is 35.0 Å². The van der Waals surface area contributed by atoms with Crippen LogP contribution in [0.3, 0.4) is 0 Å². The summed E-state index contributed by atoms with van der Waals surface area (Å²) in [7, 11) is 0. The molecule has 2 atom stereocenters. The maximum absolute atomic E-state index is 2.49. The van der Waals surface area contributed by atoms with Crippen LogP contribution in [0.1, 0.15) is 79.1 Å². The Morgan fingerprint density at radius 3 is 2.11 bits per heavy atom. The van der Waals surface area contributed by atoms with E-state index in [1.807, 2.05) is 0 Å². The summed E-state index contributed by atoms with van der Waals surface area (Å²) in [6.45, 7) is 9.90. The van der Waals surface area contributed by atoms with Gasteiger partial charge in [0.2, 0.25) is 0 Å². The molecule has 3 saturated carbocycles. The van der Waals surface area contributed by atoms with Crippen molar-refractivity contribution in [3.05, 3.63) is 5.92 Å². The Morgan fingerprint density at radius 1 is 1.00 bits per heavy atom. The molecule has 2 unspecified atom stereocenters. The minimum atomic E-state index is 0.674. The first-order valence-electron chi connectivity index (χ1n) is 8.92. The number of rotatable bonds is 5. The van der Waals surface area contributed by atoms with Crippen LogP contribution in [0.2, 0.25) is 0 Å². The van der Waals surface area contributed by atoms with Crippen molar-refractivity contribution in [2.45, 2.75) is 79.1 Å². The highest BCUT2D eigenvalue weighted by molar-refractivity contribution is 5.23. The lowest BCUT2D eigenvalue weighted by atomic mass is 9.56. The Labute approximate surface area is 120 Å². The summed E-state index contributed by atoms with van der Waals surface area (Å²) in [6.07, 6.45) is 12.1. The molecule has 0 nitrogen and oxygen atoms in total. The maximum Gasteiger partial charge on any atom is -0.0142 e. The molecular formula is C19H33. The molecule has 0 heterocycles. The van der Waals surface area contributed by atoms with Crippen LogP contribution < -0.4 is 0 Å². The molecule has 19 heavy (non-hydrogen) atoms. The van der Waals surface area contributed by atoms with Crippen LogP contribution >= 0.6 is 0 Å². The summed E-state index contributed by atoms with van der Waals surface area (Å²) in [6, 6.07) is 0. The first kappa shape index (κ1) is 14.0. The fourth-order valence-electron chi connectivity index (χ4n) is 5.60. The van der Waals surface area contributed by atoms with Gasteiger partial charge in [-0.1, -0.05) is 34.1 Å². The van der Waals surface area contributed by atoms with Crippen LogP contribution in [0.25, 0.3) is 0 Å². The predicted molar refractivity (Wildman–Crippen MR) is 82.8 cm³/mol. The molecule has 0 aromatic heterocycles. The van der Waals surface area contributed by atoms with Crippen molar-refractivity contribution in [3.8, 4) is 0 Å². The highest BCUT2D eigenvalue weighted by atomic mass is 14.6. The smallest absolute Gasteiger partial charge is 0.0142 e. The fraction of sp³-hybridized carbons (Fsp3) is 0.947. The zero-order valence-corrected chi connectivity index (χ0v) is 13.5. The minimum absolute atomic E-state index is 0.674. The Balaban J connectivity index is 1.90. The van der Waals surface area contributed by atoms with Crippen LogP contribution in [0, 0.1) is 40.9 Å². The third-order valence-corrected chi connectivity index (χ3v) is 6.44. The molecule has 0 heteroatoms. The Hall–Kier alpha value is 0. The van der Waals surface area contributed by atoms with Gasteiger partial charge >= 0.3 is 0 Å². The van der Waals surface area contributed by atoms with E-state index in [1.165, 1.54) is 51.4 Å². The zero-order valence-electron chi connectivity index (χ0n) is 13.5. The molecule has 0 aliphatic heterocycles. The highest BCUT2D eigenvalue weighted by Crippen LogP contribution is 2.69. The second kappa shape index (κ2) is 5.08. The summed E-state index contributed by atoms with van der Waals surface area (Å²) < 4.78 is 0. The SMILES string of the molecule is CC(C)CC1(C2CC2)[C](C2CCC2)CCC1C(C)C. The summed E-state index contributed by atoms with van der Waals surface area (Å²) >= 11 is 0. The summed E-state index contributed by atoms with van der Waals surface area (Å²) in [5.41, 5.74) is 0.674. The van der Waals surface area contributed by atoms with E-state index in [0.29, 0.717) is 5.41 Å². The van der Waals surface area contributed by atoms with Gasteiger partial charge in [-0.05, 0) is 85.9 Å². The lowest BCUT2D eigenvalue weighted by molar-refractivity contribution is 0.0787. The van der Waals surface area contributed by atoms with Gasteiger partial charge in [0.25, 0.3) is 0 Å². The summed E-state index contributed by atoms with van der Waals surface area (Å²) in [5, 5.41) is 0. The van der Waals surface area contributed by atoms with Crippen molar-refractivity contribution < 1.29 is 0 Å². The van der Waals surface area contributed by atoms with Crippen LogP contribution in [-0.4, -0.2) is 0 Å². The molecule has 0 spiro atoms. The van der Waals surface area contributed by atoms with E-state index in [9.17, 15) is 0 Å². The van der Waals surface area contributed by atoms with Gasteiger partial charge in [-0.3, -0.25) is 0 Å². The molecule has 3 aliphatic rings. The largest absolute Gasteiger partial charge is 0.0628 e. The van der Waals surface area contributed by atoms with Crippen LogP contribution in [-0.2, 0) is 0 Å². The molecular weight excluding hydrogens is 228 g/mol. The lowest BCUT2D eigenvalue weighted by Crippen LogP contribution is -2.41. The minimum Gasteiger partial charge on any atom is -0.0628 e. The van der Waals surface area contributed by atoms with Crippen molar-refractivity contribution in [1.29, 1.82) is 0 Å². The molecule has 3 aliphatic carbocycles. The highest BCUT2D eigenvalue weighted by Gasteiger charge is 2.60. The number of hydrogen-bond acceptors (Lipinski definition) is 0. The average molecular weight is 261 g/mol. The van der Waals surface area contributed by atoms with Crippen molar-refractivity contribution >= 4 is 0 Å². The van der Waals surface area contributed by atoms with Gasteiger partial charge in [0.05, 0.1) is 0 Å². The quantitative estimate of drug-likeness (QED) is 0.580. The normalized spacial score (nSPS) is 37.3. The van der Waals surface area contributed by atoms with Crippen molar-refractivity contribution in [1.82, 2.24) is 0 Å². The molecule has 0 amide bonds. The van der Waals surface area contributed by atoms with Crippen molar-refractivity contribution in [3.63, 3.8) is 0 Å². The average Bonchev–Trinajstić information content (AvgIpc) is 3.02. The molecule has 0 saturated heterocycles. The predicted octanol–water partition coefficient (Wildman–Crippen LogP) is 5.87. The first-order valence-corrected chi connectivity index (χ1v) is 8.92. The standard InChI is InChI=1S/C19H33/c1-13(2)12-19(16-8-9-16)17(14(3)4)10-11-18(19)15-6-5-7-15/h13-17H,5-12H2,1-4H3. The second-order valence-electron chi connectivity index (χ2n) is 8.45. The Kier molecular flexibility index (Phi) is 3.73. The number of hydrogen-bond donors (Lipinski definition) is 0. The topological polar surface area (TPSA) is 0 Å². The van der Waals surface area contributed by atoms with Gasteiger partial charge in [-0.25, -0.2) is 0 Å². The Bertz CT molecular complexity index is 308. The maximum atomic E-state index is 2.49. The van der Waals surface area contributed by atoms with Crippen LogP contribution in [0.4, 0.5) is 0 Å². The zero-order chi connectivity index (χ0) is 13.6. The van der Waals surface area contributed by atoms with Gasteiger partial charge in [-0.15, -0.1) is 0 Å². The van der Waals surface area contributed by atoms with E-state index in [4.69, 9.17) is 0 Å². The van der Waals surface area contributed by atoms with E-state index in [2.05, 4.69) is 33.6 Å². The molecule has 0 aromatic carbocycles. The van der Waals surface area contributed by atoms with E-state index in [-0.39, 0.29) is 0 Å². The van der Waals surface area contributed by atoms with Gasteiger partial charge in [0.15, 0.2) is 0 Å². The van der Waals surface area contributed by atoms with Crippen LogP contribution in [0.5, 0.6) is 0 Å². The summed E-state index contributed by atoms with van der Waals surface area (Å²) in [5.74, 6) is 6.92.